The van der Waals surface area contributed by atoms with Crippen molar-refractivity contribution in [3.05, 3.63) is 60.0 Å². The first-order valence-electron chi connectivity index (χ1n) is 8.65. The molecule has 1 aromatic rings. The second-order valence-corrected chi connectivity index (χ2v) is 6.96. The summed E-state index contributed by atoms with van der Waals surface area (Å²) >= 11 is 0. The van der Waals surface area contributed by atoms with Gasteiger partial charge in [-0.25, -0.2) is 4.39 Å². The molecular formula is C20H27FN2. The molecule has 4 atom stereocenters. The van der Waals surface area contributed by atoms with Gasteiger partial charge in [-0.3, -0.25) is 4.90 Å². The first kappa shape index (κ1) is 16.4. The smallest absolute Gasteiger partial charge is 0.123 e. The Morgan fingerprint density at radius 2 is 1.96 bits per heavy atom. The van der Waals surface area contributed by atoms with Crippen LogP contribution in [-0.2, 0) is 0 Å². The molecule has 2 aliphatic rings. The minimum Gasteiger partial charge on any atom is -0.326 e. The van der Waals surface area contributed by atoms with E-state index in [4.69, 9.17) is 5.73 Å². The number of allylic oxidation sites excluding steroid dienone is 2. The van der Waals surface area contributed by atoms with Gasteiger partial charge in [0.1, 0.15) is 5.82 Å². The van der Waals surface area contributed by atoms with Crippen LogP contribution in [0.4, 0.5) is 4.39 Å². The Kier molecular flexibility index (Phi) is 4.98. The summed E-state index contributed by atoms with van der Waals surface area (Å²) < 4.78 is 13.2. The minimum atomic E-state index is -0.177. The topological polar surface area (TPSA) is 29.3 Å². The van der Waals surface area contributed by atoms with Gasteiger partial charge in [-0.1, -0.05) is 29.9 Å². The molecule has 0 aromatic heterocycles. The highest BCUT2D eigenvalue weighted by Gasteiger charge is 2.51. The molecule has 3 rings (SSSR count). The van der Waals surface area contributed by atoms with Crippen LogP contribution in [0.2, 0.25) is 0 Å². The average molecular weight is 314 g/mol. The van der Waals surface area contributed by atoms with Gasteiger partial charge in [0.2, 0.25) is 0 Å². The molecule has 2 bridgehead atoms. The van der Waals surface area contributed by atoms with Gasteiger partial charge in [-0.15, -0.1) is 6.58 Å². The second-order valence-electron chi connectivity index (χ2n) is 6.96. The molecule has 1 aromatic carbocycles. The van der Waals surface area contributed by atoms with Crippen LogP contribution >= 0.6 is 0 Å². The SMILES string of the molecule is C=CCC/C=C(\C)CN1C2CCC1C(c1ccc(F)cc1)C2N. The van der Waals surface area contributed by atoms with Crippen LogP contribution in [0.3, 0.4) is 0 Å². The van der Waals surface area contributed by atoms with E-state index in [-0.39, 0.29) is 11.9 Å². The van der Waals surface area contributed by atoms with Crippen molar-refractivity contribution >= 4 is 0 Å². The van der Waals surface area contributed by atoms with Crippen LogP contribution in [0.15, 0.2) is 48.6 Å². The van der Waals surface area contributed by atoms with Gasteiger partial charge in [0, 0.05) is 30.6 Å². The molecule has 2 N–H and O–H groups in total. The zero-order valence-corrected chi connectivity index (χ0v) is 13.9. The Labute approximate surface area is 138 Å². The molecule has 23 heavy (non-hydrogen) atoms. The average Bonchev–Trinajstić information content (AvgIpc) is 3.03. The van der Waals surface area contributed by atoms with Gasteiger partial charge in [-0.2, -0.15) is 0 Å². The number of nitrogens with two attached hydrogens (primary N) is 1. The van der Waals surface area contributed by atoms with Gasteiger partial charge in [0.25, 0.3) is 0 Å². The van der Waals surface area contributed by atoms with Crippen molar-refractivity contribution in [3.8, 4) is 0 Å². The normalized spacial score (nSPS) is 30.8. The summed E-state index contributed by atoms with van der Waals surface area (Å²) in [6, 6.07) is 8.02. The summed E-state index contributed by atoms with van der Waals surface area (Å²) in [6.07, 6.45) is 8.75. The Morgan fingerprint density at radius 1 is 1.26 bits per heavy atom. The predicted octanol–water partition coefficient (Wildman–Crippen LogP) is 4.00. The van der Waals surface area contributed by atoms with E-state index in [0.29, 0.717) is 18.0 Å². The van der Waals surface area contributed by atoms with Gasteiger partial charge in [0.05, 0.1) is 0 Å². The van der Waals surface area contributed by atoms with Crippen molar-refractivity contribution in [2.45, 2.75) is 56.7 Å². The Hall–Kier alpha value is -1.45. The lowest BCUT2D eigenvalue weighted by Gasteiger charge is -2.26. The van der Waals surface area contributed by atoms with Crippen molar-refractivity contribution in [1.29, 1.82) is 0 Å². The molecule has 0 saturated carbocycles. The summed E-state index contributed by atoms with van der Waals surface area (Å²) in [5.41, 5.74) is 9.15. The summed E-state index contributed by atoms with van der Waals surface area (Å²) in [4.78, 5) is 2.58. The molecule has 124 valence electrons. The maximum Gasteiger partial charge on any atom is 0.123 e. The van der Waals surface area contributed by atoms with Crippen LogP contribution in [0.5, 0.6) is 0 Å². The molecule has 0 aliphatic carbocycles. The molecular weight excluding hydrogens is 287 g/mol. The molecule has 2 saturated heterocycles. The molecule has 0 amide bonds. The first-order chi connectivity index (χ1) is 11.1. The minimum absolute atomic E-state index is 0.153. The third-order valence-corrected chi connectivity index (χ3v) is 5.43. The van der Waals surface area contributed by atoms with E-state index in [1.807, 2.05) is 18.2 Å². The van der Waals surface area contributed by atoms with Crippen LogP contribution in [0, 0.1) is 5.82 Å². The van der Waals surface area contributed by atoms with E-state index in [9.17, 15) is 4.39 Å². The van der Waals surface area contributed by atoms with Crippen molar-refractivity contribution in [1.82, 2.24) is 4.90 Å². The second kappa shape index (κ2) is 6.98. The number of nitrogens with zero attached hydrogens (tertiary/aromatic N) is 1. The third-order valence-electron chi connectivity index (χ3n) is 5.43. The lowest BCUT2D eigenvalue weighted by Crippen LogP contribution is -2.39. The fourth-order valence-corrected chi connectivity index (χ4v) is 4.38. The van der Waals surface area contributed by atoms with Gasteiger partial charge in [-0.05, 0) is 50.3 Å². The zero-order valence-electron chi connectivity index (χ0n) is 13.9. The van der Waals surface area contributed by atoms with E-state index in [1.54, 1.807) is 12.1 Å². The van der Waals surface area contributed by atoms with E-state index >= 15 is 0 Å². The lowest BCUT2D eigenvalue weighted by molar-refractivity contribution is 0.266. The van der Waals surface area contributed by atoms with Crippen LogP contribution < -0.4 is 5.73 Å². The quantitative estimate of drug-likeness (QED) is 0.635. The van der Waals surface area contributed by atoms with Crippen LogP contribution in [0.25, 0.3) is 0 Å². The van der Waals surface area contributed by atoms with Crippen molar-refractivity contribution in [2.24, 2.45) is 5.73 Å². The van der Waals surface area contributed by atoms with Crippen LogP contribution in [0.1, 0.15) is 44.1 Å². The fourth-order valence-electron chi connectivity index (χ4n) is 4.38. The molecule has 0 radical (unpaired) electrons. The number of hydrogen-bond donors (Lipinski definition) is 1. The summed E-state index contributed by atoms with van der Waals surface area (Å²) in [5, 5.41) is 0. The Bertz CT molecular complexity index is 578. The zero-order chi connectivity index (χ0) is 16.4. The highest BCUT2D eigenvalue weighted by Crippen LogP contribution is 2.46. The molecule has 2 aliphatic heterocycles. The standard InChI is InChI=1S/C20H27FN2/c1-3-4-5-6-14(2)13-23-17-11-12-18(23)20(22)19(17)15-7-9-16(21)10-8-15/h3,6-10,17-20H,1,4-5,11-13,22H2,2H3/b14-6+. The van der Waals surface area contributed by atoms with Crippen molar-refractivity contribution < 1.29 is 4.39 Å². The number of halogens is 1. The number of benzene rings is 1. The van der Waals surface area contributed by atoms with Crippen molar-refractivity contribution in [2.75, 3.05) is 6.54 Å². The molecule has 3 heteroatoms. The van der Waals surface area contributed by atoms with Gasteiger partial charge < -0.3 is 5.73 Å². The van der Waals surface area contributed by atoms with Crippen LogP contribution in [-0.4, -0.2) is 29.6 Å². The Morgan fingerprint density at radius 3 is 2.65 bits per heavy atom. The van der Waals surface area contributed by atoms with Crippen molar-refractivity contribution in [3.63, 3.8) is 0 Å². The summed E-state index contributed by atoms with van der Waals surface area (Å²) in [5.74, 6) is 0.152. The number of rotatable bonds is 6. The molecule has 2 nitrogen and oxygen atoms in total. The maximum absolute atomic E-state index is 13.2. The van der Waals surface area contributed by atoms with E-state index in [0.717, 1.165) is 19.4 Å². The summed E-state index contributed by atoms with van der Waals surface area (Å²) in [7, 11) is 0. The number of fused-ring (bicyclic) bond motifs is 2. The van der Waals surface area contributed by atoms with Gasteiger partial charge >= 0.3 is 0 Å². The largest absolute Gasteiger partial charge is 0.326 e. The first-order valence-corrected chi connectivity index (χ1v) is 8.65. The summed E-state index contributed by atoms with van der Waals surface area (Å²) in [6.45, 7) is 6.98. The van der Waals surface area contributed by atoms with E-state index in [1.165, 1.54) is 24.0 Å². The Balaban J connectivity index is 1.73. The van der Waals surface area contributed by atoms with E-state index < -0.39 is 0 Å². The number of hydrogen-bond acceptors (Lipinski definition) is 2. The molecule has 4 unspecified atom stereocenters. The maximum atomic E-state index is 13.2. The fraction of sp³-hybridized carbons (Fsp3) is 0.500. The molecule has 0 spiro atoms. The highest BCUT2D eigenvalue weighted by atomic mass is 19.1. The monoisotopic (exact) mass is 314 g/mol. The molecule has 2 fully saturated rings. The predicted molar refractivity (Wildman–Crippen MR) is 93.8 cm³/mol. The van der Waals surface area contributed by atoms with E-state index in [2.05, 4.69) is 24.5 Å². The highest BCUT2D eigenvalue weighted by molar-refractivity contribution is 5.30. The number of unbranched alkanes of at least 4 members (excludes halogenated alkanes) is 1. The van der Waals surface area contributed by atoms with Gasteiger partial charge in [0.15, 0.2) is 0 Å². The third kappa shape index (κ3) is 3.26. The lowest BCUT2D eigenvalue weighted by atomic mass is 9.80. The molecule has 2 heterocycles.